The molecule has 0 N–H and O–H groups in total. The highest BCUT2D eigenvalue weighted by atomic mass is 19.1. The van der Waals surface area contributed by atoms with Crippen LogP contribution in [0.4, 0.5) is 8.78 Å². The highest BCUT2D eigenvalue weighted by Crippen LogP contribution is 2.18. The van der Waals surface area contributed by atoms with Crippen molar-refractivity contribution < 1.29 is 13.5 Å². The molecule has 1 aromatic rings. The predicted octanol–water partition coefficient (Wildman–Crippen LogP) is 3.86. The second kappa shape index (κ2) is 6.38. The van der Waals surface area contributed by atoms with Crippen molar-refractivity contribution in [2.24, 2.45) is 0 Å². The number of alkyl halides is 1. The standard InChI is InChI=1S/C12H16F2O/c1-2-3-4-5-10-6-7-11(15-9-13)8-12(10)14/h6-8H,2-5,9H2,1H3. The Balaban J connectivity index is 2.58. The minimum Gasteiger partial charge on any atom is -0.463 e. The van der Waals surface area contributed by atoms with Crippen molar-refractivity contribution in [2.75, 3.05) is 6.86 Å². The molecule has 0 aromatic heterocycles. The molecule has 0 atom stereocenters. The Kier molecular flexibility index (Phi) is 5.08. The summed E-state index contributed by atoms with van der Waals surface area (Å²) < 4.78 is 29.8. The van der Waals surface area contributed by atoms with E-state index < -0.39 is 6.86 Å². The van der Waals surface area contributed by atoms with Crippen LogP contribution in [0.25, 0.3) is 0 Å². The van der Waals surface area contributed by atoms with Crippen molar-refractivity contribution in [2.45, 2.75) is 32.6 Å². The predicted molar refractivity (Wildman–Crippen MR) is 56.2 cm³/mol. The lowest BCUT2D eigenvalue weighted by Gasteiger charge is -2.05. The molecule has 0 radical (unpaired) electrons. The summed E-state index contributed by atoms with van der Waals surface area (Å²) in [7, 11) is 0. The van der Waals surface area contributed by atoms with E-state index >= 15 is 0 Å². The normalized spacial score (nSPS) is 10.3. The third-order valence-electron chi connectivity index (χ3n) is 2.30. The molecule has 15 heavy (non-hydrogen) atoms. The van der Waals surface area contributed by atoms with Crippen LogP contribution in [0.3, 0.4) is 0 Å². The van der Waals surface area contributed by atoms with Crippen LogP contribution in [0, 0.1) is 5.82 Å². The van der Waals surface area contributed by atoms with Crippen LogP contribution in [0.5, 0.6) is 5.75 Å². The third-order valence-corrected chi connectivity index (χ3v) is 2.30. The van der Waals surface area contributed by atoms with Crippen LogP contribution in [-0.2, 0) is 6.42 Å². The average Bonchev–Trinajstić information content (AvgIpc) is 2.22. The monoisotopic (exact) mass is 214 g/mol. The van der Waals surface area contributed by atoms with Crippen molar-refractivity contribution in [1.29, 1.82) is 0 Å². The van der Waals surface area contributed by atoms with Crippen LogP contribution in [0.1, 0.15) is 31.7 Å². The molecule has 0 fully saturated rings. The topological polar surface area (TPSA) is 9.23 Å². The lowest BCUT2D eigenvalue weighted by atomic mass is 10.1. The van der Waals surface area contributed by atoms with Crippen LogP contribution in [0.15, 0.2) is 18.2 Å². The highest BCUT2D eigenvalue weighted by Gasteiger charge is 2.03. The van der Waals surface area contributed by atoms with Crippen molar-refractivity contribution in [3.05, 3.63) is 29.6 Å². The number of hydrogen-bond acceptors (Lipinski definition) is 1. The summed E-state index contributed by atoms with van der Waals surface area (Å²) in [5, 5.41) is 0. The zero-order valence-electron chi connectivity index (χ0n) is 8.93. The van der Waals surface area contributed by atoms with E-state index in [4.69, 9.17) is 0 Å². The van der Waals surface area contributed by atoms with E-state index in [9.17, 15) is 8.78 Å². The van der Waals surface area contributed by atoms with E-state index in [0.29, 0.717) is 5.56 Å². The molecule has 0 spiro atoms. The van der Waals surface area contributed by atoms with Crippen LogP contribution in [0.2, 0.25) is 0 Å². The number of halogens is 2. The summed E-state index contributed by atoms with van der Waals surface area (Å²) in [6.45, 7) is 1.18. The molecule has 0 heterocycles. The van der Waals surface area contributed by atoms with Gasteiger partial charge in [0.1, 0.15) is 11.6 Å². The van der Waals surface area contributed by atoms with Gasteiger partial charge in [-0.2, -0.15) is 0 Å². The van der Waals surface area contributed by atoms with Crippen molar-refractivity contribution in [3.63, 3.8) is 0 Å². The summed E-state index contributed by atoms with van der Waals surface area (Å²) in [6.07, 6.45) is 3.93. The fraction of sp³-hybridized carbons (Fsp3) is 0.500. The third kappa shape index (κ3) is 3.86. The molecular formula is C12H16F2O. The smallest absolute Gasteiger partial charge is 0.228 e. The lowest BCUT2D eigenvalue weighted by molar-refractivity contribution is 0.191. The second-order valence-corrected chi connectivity index (χ2v) is 3.46. The molecule has 84 valence electrons. The maximum Gasteiger partial charge on any atom is 0.228 e. The zero-order chi connectivity index (χ0) is 11.1. The first kappa shape index (κ1) is 12.0. The SMILES string of the molecule is CCCCCc1ccc(OCF)cc1F. The number of aryl methyl sites for hydroxylation is 1. The highest BCUT2D eigenvalue weighted by molar-refractivity contribution is 5.28. The Morgan fingerprint density at radius 1 is 1.27 bits per heavy atom. The second-order valence-electron chi connectivity index (χ2n) is 3.46. The van der Waals surface area contributed by atoms with Gasteiger partial charge in [0, 0.05) is 6.07 Å². The Bertz CT molecular complexity index is 300. The molecule has 3 heteroatoms. The minimum absolute atomic E-state index is 0.245. The van der Waals surface area contributed by atoms with Crippen LogP contribution < -0.4 is 4.74 Å². The molecule has 0 aliphatic rings. The number of rotatable bonds is 6. The van der Waals surface area contributed by atoms with Crippen molar-refractivity contribution >= 4 is 0 Å². The summed E-state index contributed by atoms with van der Waals surface area (Å²) in [5.41, 5.74) is 0.676. The summed E-state index contributed by atoms with van der Waals surface area (Å²) in [5.74, 6) is -0.0636. The molecule has 1 rings (SSSR count). The maximum absolute atomic E-state index is 13.4. The molecule has 0 unspecified atom stereocenters. The van der Waals surface area contributed by atoms with Gasteiger partial charge in [-0.05, 0) is 24.5 Å². The number of ether oxygens (including phenoxy) is 1. The van der Waals surface area contributed by atoms with Gasteiger partial charge >= 0.3 is 0 Å². The summed E-state index contributed by atoms with van der Waals surface area (Å²) in [4.78, 5) is 0. The van der Waals surface area contributed by atoms with E-state index in [1.807, 2.05) is 0 Å². The van der Waals surface area contributed by atoms with E-state index in [1.54, 1.807) is 12.1 Å². The molecule has 0 bridgehead atoms. The molecule has 0 aliphatic heterocycles. The van der Waals surface area contributed by atoms with Crippen LogP contribution in [-0.4, -0.2) is 6.86 Å². The Hall–Kier alpha value is -1.12. The number of benzene rings is 1. The zero-order valence-corrected chi connectivity index (χ0v) is 8.93. The first-order valence-corrected chi connectivity index (χ1v) is 5.25. The molecule has 0 amide bonds. The summed E-state index contributed by atoms with van der Waals surface area (Å²) >= 11 is 0. The average molecular weight is 214 g/mol. The number of unbranched alkanes of at least 4 members (excludes halogenated alkanes) is 2. The van der Waals surface area contributed by atoms with E-state index in [-0.39, 0.29) is 11.6 Å². The van der Waals surface area contributed by atoms with Crippen LogP contribution >= 0.6 is 0 Å². The summed E-state index contributed by atoms with van der Waals surface area (Å²) in [6, 6.07) is 4.50. The van der Waals surface area contributed by atoms with Gasteiger partial charge in [-0.1, -0.05) is 25.8 Å². The lowest BCUT2D eigenvalue weighted by Crippen LogP contribution is -1.94. The molecule has 1 aromatic carbocycles. The molecular weight excluding hydrogens is 198 g/mol. The Morgan fingerprint density at radius 2 is 2.07 bits per heavy atom. The Morgan fingerprint density at radius 3 is 2.67 bits per heavy atom. The largest absolute Gasteiger partial charge is 0.463 e. The Labute approximate surface area is 89.1 Å². The first-order valence-electron chi connectivity index (χ1n) is 5.25. The molecule has 1 nitrogen and oxygen atoms in total. The fourth-order valence-corrected chi connectivity index (χ4v) is 1.45. The van der Waals surface area contributed by atoms with Gasteiger partial charge in [-0.3, -0.25) is 0 Å². The molecule has 0 saturated carbocycles. The maximum atomic E-state index is 13.4. The van der Waals surface area contributed by atoms with Crippen molar-refractivity contribution in [1.82, 2.24) is 0 Å². The van der Waals surface area contributed by atoms with Gasteiger partial charge in [0.15, 0.2) is 0 Å². The van der Waals surface area contributed by atoms with E-state index in [2.05, 4.69) is 11.7 Å². The van der Waals surface area contributed by atoms with Gasteiger partial charge in [0.05, 0.1) is 0 Å². The van der Waals surface area contributed by atoms with Gasteiger partial charge in [-0.25, -0.2) is 8.78 Å². The van der Waals surface area contributed by atoms with Gasteiger partial charge in [0.2, 0.25) is 6.86 Å². The van der Waals surface area contributed by atoms with Gasteiger partial charge < -0.3 is 4.74 Å². The molecule has 0 aliphatic carbocycles. The first-order chi connectivity index (χ1) is 7.27. The quantitative estimate of drug-likeness (QED) is 0.653. The van der Waals surface area contributed by atoms with Crippen molar-refractivity contribution in [3.8, 4) is 5.75 Å². The minimum atomic E-state index is -0.922. The van der Waals surface area contributed by atoms with E-state index in [1.165, 1.54) is 6.07 Å². The fourth-order valence-electron chi connectivity index (χ4n) is 1.45. The van der Waals surface area contributed by atoms with Gasteiger partial charge in [0.25, 0.3) is 0 Å². The number of hydrogen-bond donors (Lipinski definition) is 0. The molecule has 0 saturated heterocycles. The van der Waals surface area contributed by atoms with Gasteiger partial charge in [-0.15, -0.1) is 0 Å². The van der Waals surface area contributed by atoms with E-state index in [0.717, 1.165) is 25.7 Å².